The zero-order valence-corrected chi connectivity index (χ0v) is 13.6. The fourth-order valence-electron chi connectivity index (χ4n) is 3.06. The van der Waals surface area contributed by atoms with E-state index in [1.165, 1.54) is 6.07 Å². The third kappa shape index (κ3) is 3.49. The molecule has 1 atom stereocenters. The number of amides is 1. The van der Waals surface area contributed by atoms with E-state index in [4.69, 9.17) is 9.47 Å². The Morgan fingerprint density at radius 1 is 1.25 bits per heavy atom. The Hall–Kier alpha value is -2.19. The largest absolute Gasteiger partial charge is 0.378 e. The number of nitro benzene ring substituents is 1. The van der Waals surface area contributed by atoms with E-state index in [2.05, 4.69) is 0 Å². The maximum absolute atomic E-state index is 12.5. The van der Waals surface area contributed by atoms with E-state index in [0.717, 1.165) is 0 Å². The number of hydrogen-bond acceptors (Lipinski definition) is 6. The molecule has 130 valence electrons. The summed E-state index contributed by atoms with van der Waals surface area (Å²) in [6.07, 6.45) is 0.0213. The summed E-state index contributed by atoms with van der Waals surface area (Å²) >= 11 is 0. The highest BCUT2D eigenvalue weighted by Gasteiger charge is 2.27. The van der Waals surface area contributed by atoms with Crippen molar-refractivity contribution in [1.82, 2.24) is 4.90 Å². The number of nitrogens with zero attached hydrogens (tertiary/aromatic N) is 3. The van der Waals surface area contributed by atoms with Crippen LogP contribution in [0, 0.1) is 10.1 Å². The lowest BCUT2D eigenvalue weighted by atomic mass is 10.1. The van der Waals surface area contributed by atoms with Crippen LogP contribution in [0.3, 0.4) is 0 Å². The molecule has 2 aliphatic heterocycles. The van der Waals surface area contributed by atoms with Crippen molar-refractivity contribution in [3.8, 4) is 0 Å². The SMILES string of the molecule is CC1CN(c2ccc(C(=O)N3CCOCC3)cc2[N+](=O)[O-])CCO1. The number of ether oxygens (including phenoxy) is 2. The minimum absolute atomic E-state index is 0.0213. The highest BCUT2D eigenvalue weighted by molar-refractivity contribution is 5.96. The van der Waals surface area contributed by atoms with Gasteiger partial charge in [-0.15, -0.1) is 0 Å². The Bertz CT molecular complexity index is 630. The minimum Gasteiger partial charge on any atom is -0.378 e. The smallest absolute Gasteiger partial charge is 0.293 e. The van der Waals surface area contributed by atoms with Crippen molar-refractivity contribution >= 4 is 17.3 Å². The molecule has 2 aliphatic rings. The molecule has 0 radical (unpaired) electrons. The molecule has 0 saturated carbocycles. The average Bonchev–Trinajstić information content (AvgIpc) is 2.61. The summed E-state index contributed by atoms with van der Waals surface area (Å²) in [5.74, 6) is -0.191. The van der Waals surface area contributed by atoms with E-state index < -0.39 is 4.92 Å². The summed E-state index contributed by atoms with van der Waals surface area (Å²) in [6, 6.07) is 4.72. The van der Waals surface area contributed by atoms with Gasteiger partial charge in [0, 0.05) is 37.8 Å². The summed E-state index contributed by atoms with van der Waals surface area (Å²) in [5.41, 5.74) is 0.838. The van der Waals surface area contributed by atoms with E-state index in [0.29, 0.717) is 57.3 Å². The van der Waals surface area contributed by atoms with E-state index >= 15 is 0 Å². The second-order valence-electron chi connectivity index (χ2n) is 5.99. The average molecular weight is 335 g/mol. The molecular formula is C16H21N3O5. The maximum Gasteiger partial charge on any atom is 0.293 e. The van der Waals surface area contributed by atoms with Crippen molar-refractivity contribution in [3.05, 3.63) is 33.9 Å². The Labute approximate surface area is 140 Å². The van der Waals surface area contributed by atoms with Crippen LogP contribution in [0.25, 0.3) is 0 Å². The second-order valence-corrected chi connectivity index (χ2v) is 5.99. The van der Waals surface area contributed by atoms with Crippen molar-refractivity contribution in [2.45, 2.75) is 13.0 Å². The third-order valence-corrected chi connectivity index (χ3v) is 4.30. The molecule has 1 unspecified atom stereocenters. The van der Waals surface area contributed by atoms with Crippen LogP contribution in [-0.4, -0.2) is 67.8 Å². The van der Waals surface area contributed by atoms with E-state index in [1.807, 2.05) is 11.8 Å². The molecule has 8 heteroatoms. The normalized spacial score (nSPS) is 21.6. The van der Waals surface area contributed by atoms with Crippen LogP contribution in [0.5, 0.6) is 0 Å². The second kappa shape index (κ2) is 7.14. The Morgan fingerprint density at radius 2 is 2.00 bits per heavy atom. The number of nitro groups is 1. The molecular weight excluding hydrogens is 314 g/mol. The molecule has 0 bridgehead atoms. The predicted octanol–water partition coefficient (Wildman–Crippen LogP) is 1.29. The van der Waals surface area contributed by atoms with Gasteiger partial charge in [0.25, 0.3) is 11.6 Å². The maximum atomic E-state index is 12.5. The van der Waals surface area contributed by atoms with Crippen LogP contribution >= 0.6 is 0 Å². The molecule has 1 aromatic rings. The quantitative estimate of drug-likeness (QED) is 0.611. The van der Waals surface area contributed by atoms with Gasteiger partial charge >= 0.3 is 0 Å². The Kier molecular flexibility index (Phi) is 4.96. The molecule has 2 fully saturated rings. The first-order valence-electron chi connectivity index (χ1n) is 8.08. The number of carbonyl (C=O) groups excluding carboxylic acids is 1. The van der Waals surface area contributed by atoms with Gasteiger partial charge in [0.05, 0.1) is 30.8 Å². The van der Waals surface area contributed by atoms with Crippen LogP contribution in [0.4, 0.5) is 11.4 Å². The van der Waals surface area contributed by atoms with Crippen molar-refractivity contribution in [1.29, 1.82) is 0 Å². The highest BCUT2D eigenvalue weighted by Crippen LogP contribution is 2.31. The van der Waals surface area contributed by atoms with Crippen LogP contribution in [0.2, 0.25) is 0 Å². The first-order valence-corrected chi connectivity index (χ1v) is 8.08. The van der Waals surface area contributed by atoms with Gasteiger partial charge < -0.3 is 19.3 Å². The molecule has 0 spiro atoms. The summed E-state index contributed by atoms with van der Waals surface area (Å²) in [4.78, 5) is 27.2. The van der Waals surface area contributed by atoms with Gasteiger partial charge in [-0.1, -0.05) is 0 Å². The molecule has 1 amide bonds. The fraction of sp³-hybridized carbons (Fsp3) is 0.562. The standard InChI is InChI=1S/C16H21N3O5/c1-12-11-18(6-9-24-12)14-3-2-13(10-15(14)19(21)22)16(20)17-4-7-23-8-5-17/h2-3,10,12H,4-9,11H2,1H3. The van der Waals surface area contributed by atoms with Gasteiger partial charge in [0.1, 0.15) is 5.69 Å². The fourth-order valence-corrected chi connectivity index (χ4v) is 3.06. The summed E-state index contributed by atoms with van der Waals surface area (Å²) < 4.78 is 10.7. The van der Waals surface area contributed by atoms with Crippen molar-refractivity contribution < 1.29 is 19.2 Å². The zero-order chi connectivity index (χ0) is 17.1. The van der Waals surface area contributed by atoms with Gasteiger partial charge in [0.15, 0.2) is 0 Å². The van der Waals surface area contributed by atoms with E-state index in [-0.39, 0.29) is 17.7 Å². The third-order valence-electron chi connectivity index (χ3n) is 4.30. The molecule has 8 nitrogen and oxygen atoms in total. The Morgan fingerprint density at radius 3 is 2.67 bits per heavy atom. The lowest BCUT2D eigenvalue weighted by molar-refractivity contribution is -0.384. The Balaban J connectivity index is 1.86. The minimum atomic E-state index is -0.425. The van der Waals surface area contributed by atoms with E-state index in [1.54, 1.807) is 17.0 Å². The summed E-state index contributed by atoms with van der Waals surface area (Å²) in [5, 5.41) is 11.5. The lowest BCUT2D eigenvalue weighted by Gasteiger charge is -2.32. The first-order chi connectivity index (χ1) is 11.6. The number of morpholine rings is 2. The molecule has 2 heterocycles. The number of hydrogen-bond donors (Lipinski definition) is 0. The predicted molar refractivity (Wildman–Crippen MR) is 87.4 cm³/mol. The molecule has 1 aromatic carbocycles. The molecule has 2 saturated heterocycles. The monoisotopic (exact) mass is 335 g/mol. The topological polar surface area (TPSA) is 85.2 Å². The van der Waals surface area contributed by atoms with Gasteiger partial charge in [-0.25, -0.2) is 0 Å². The summed E-state index contributed by atoms with van der Waals surface area (Å²) in [7, 11) is 0. The van der Waals surface area contributed by atoms with Crippen LogP contribution in [-0.2, 0) is 9.47 Å². The molecule has 0 aromatic heterocycles. The zero-order valence-electron chi connectivity index (χ0n) is 13.6. The highest BCUT2D eigenvalue weighted by atomic mass is 16.6. The molecule has 24 heavy (non-hydrogen) atoms. The van der Waals surface area contributed by atoms with Crippen LogP contribution in [0.15, 0.2) is 18.2 Å². The van der Waals surface area contributed by atoms with Crippen LogP contribution in [0.1, 0.15) is 17.3 Å². The number of rotatable bonds is 3. The van der Waals surface area contributed by atoms with Gasteiger partial charge in [-0.3, -0.25) is 14.9 Å². The van der Waals surface area contributed by atoms with Crippen molar-refractivity contribution in [3.63, 3.8) is 0 Å². The summed E-state index contributed by atoms with van der Waals surface area (Å²) in [6.45, 7) is 5.68. The lowest BCUT2D eigenvalue weighted by Crippen LogP contribution is -2.42. The number of carbonyl (C=O) groups is 1. The van der Waals surface area contributed by atoms with E-state index in [9.17, 15) is 14.9 Å². The number of anilines is 1. The van der Waals surface area contributed by atoms with Gasteiger partial charge in [-0.2, -0.15) is 0 Å². The van der Waals surface area contributed by atoms with Crippen LogP contribution < -0.4 is 4.90 Å². The molecule has 3 rings (SSSR count). The van der Waals surface area contributed by atoms with Gasteiger partial charge in [0.2, 0.25) is 0 Å². The first kappa shape index (κ1) is 16.7. The number of benzene rings is 1. The van der Waals surface area contributed by atoms with Crippen molar-refractivity contribution in [2.75, 3.05) is 50.9 Å². The van der Waals surface area contributed by atoms with Gasteiger partial charge in [-0.05, 0) is 19.1 Å². The molecule has 0 N–H and O–H groups in total. The molecule has 0 aliphatic carbocycles. The van der Waals surface area contributed by atoms with Crippen molar-refractivity contribution in [2.24, 2.45) is 0 Å².